The molecular weight excluding hydrogens is 249 g/mol. The molecule has 0 fully saturated rings. The summed E-state index contributed by atoms with van der Waals surface area (Å²) in [6.07, 6.45) is 2.03. The number of hydrogen-bond donors (Lipinski definition) is 2. The predicted molar refractivity (Wildman–Crippen MR) is 66.3 cm³/mol. The first-order chi connectivity index (χ1) is 7.63. The van der Waals surface area contributed by atoms with Gasteiger partial charge in [0.05, 0.1) is 5.02 Å². The van der Waals surface area contributed by atoms with Gasteiger partial charge in [0.25, 0.3) is 0 Å². The van der Waals surface area contributed by atoms with Crippen molar-refractivity contribution in [1.29, 1.82) is 0 Å². The first-order valence-corrected chi connectivity index (χ1v) is 5.89. The van der Waals surface area contributed by atoms with Crippen molar-refractivity contribution in [3.63, 3.8) is 0 Å². The van der Waals surface area contributed by atoms with Crippen LogP contribution in [0.2, 0.25) is 5.02 Å². The number of carbonyl (C=O) groups is 1. The van der Waals surface area contributed by atoms with Gasteiger partial charge in [0.1, 0.15) is 5.75 Å². The topological polar surface area (TPSA) is 49.3 Å². The summed E-state index contributed by atoms with van der Waals surface area (Å²) in [6.45, 7) is 0. The number of rotatable bonds is 5. The van der Waals surface area contributed by atoms with Gasteiger partial charge in [0.15, 0.2) is 0 Å². The minimum atomic E-state index is -0.0770. The molecule has 0 saturated carbocycles. The fourth-order valence-electron chi connectivity index (χ4n) is 1.19. The molecule has 1 aromatic rings. The number of nitrogens with one attached hydrogen (secondary N) is 1. The Morgan fingerprint density at radius 1 is 1.38 bits per heavy atom. The van der Waals surface area contributed by atoms with Crippen LogP contribution < -0.4 is 5.32 Å². The van der Waals surface area contributed by atoms with E-state index in [0.717, 1.165) is 12.8 Å². The maximum absolute atomic E-state index is 11.4. The van der Waals surface area contributed by atoms with Gasteiger partial charge >= 0.3 is 0 Å². The first kappa shape index (κ1) is 13.1. The molecule has 3 nitrogen and oxygen atoms in total. The second kappa shape index (κ2) is 6.61. The number of unbranched alkanes of at least 4 members (excludes halogenated alkanes) is 1. The van der Waals surface area contributed by atoms with Crippen LogP contribution >= 0.6 is 23.2 Å². The monoisotopic (exact) mass is 261 g/mol. The van der Waals surface area contributed by atoms with Gasteiger partial charge in [-0.1, -0.05) is 11.6 Å². The Morgan fingerprint density at radius 3 is 2.75 bits per heavy atom. The van der Waals surface area contributed by atoms with E-state index >= 15 is 0 Å². The largest absolute Gasteiger partial charge is 0.506 e. The summed E-state index contributed by atoms with van der Waals surface area (Å²) in [6, 6.07) is 4.55. The number of halogens is 2. The third-order valence-corrected chi connectivity index (χ3v) is 2.59. The standard InChI is InChI=1S/C11H13Cl2NO2/c12-6-2-1-3-11(16)14-8-4-5-10(15)9(13)7-8/h4-5,7,15H,1-3,6H2,(H,14,16). The Morgan fingerprint density at radius 2 is 2.12 bits per heavy atom. The van der Waals surface area contributed by atoms with Gasteiger partial charge in [-0.3, -0.25) is 4.79 Å². The molecule has 0 aliphatic heterocycles. The Kier molecular flexibility index (Phi) is 5.43. The molecule has 0 atom stereocenters. The average molecular weight is 262 g/mol. The van der Waals surface area contributed by atoms with Crippen molar-refractivity contribution < 1.29 is 9.90 Å². The Hall–Kier alpha value is -0.930. The second-order valence-corrected chi connectivity index (χ2v) is 4.15. The summed E-state index contributed by atoms with van der Waals surface area (Å²) < 4.78 is 0. The fraction of sp³-hybridized carbons (Fsp3) is 0.364. The van der Waals surface area contributed by atoms with Crippen LogP contribution in [-0.4, -0.2) is 16.9 Å². The highest BCUT2D eigenvalue weighted by Gasteiger charge is 2.04. The highest BCUT2D eigenvalue weighted by atomic mass is 35.5. The maximum atomic E-state index is 11.4. The smallest absolute Gasteiger partial charge is 0.224 e. The molecule has 2 N–H and O–H groups in total. The molecule has 1 rings (SSSR count). The highest BCUT2D eigenvalue weighted by molar-refractivity contribution is 6.32. The lowest BCUT2D eigenvalue weighted by Crippen LogP contribution is -2.10. The zero-order valence-electron chi connectivity index (χ0n) is 8.67. The summed E-state index contributed by atoms with van der Waals surface area (Å²) in [5.41, 5.74) is 0.582. The number of benzene rings is 1. The van der Waals surface area contributed by atoms with Crippen LogP contribution in [0.15, 0.2) is 18.2 Å². The van der Waals surface area contributed by atoms with Crippen molar-refractivity contribution in [2.45, 2.75) is 19.3 Å². The molecule has 16 heavy (non-hydrogen) atoms. The molecule has 5 heteroatoms. The van der Waals surface area contributed by atoms with Crippen LogP contribution in [0.1, 0.15) is 19.3 Å². The molecule has 0 saturated heterocycles. The fourth-order valence-corrected chi connectivity index (χ4v) is 1.56. The third kappa shape index (κ3) is 4.29. The predicted octanol–water partition coefficient (Wildman–Crippen LogP) is 3.39. The van der Waals surface area contributed by atoms with E-state index in [1.807, 2.05) is 0 Å². The Balaban J connectivity index is 2.46. The van der Waals surface area contributed by atoms with Crippen molar-refractivity contribution in [1.82, 2.24) is 0 Å². The highest BCUT2D eigenvalue weighted by Crippen LogP contribution is 2.26. The SMILES string of the molecule is O=C(CCCCCl)Nc1ccc(O)c(Cl)c1. The number of amides is 1. The van der Waals surface area contributed by atoms with Gasteiger partial charge in [-0.2, -0.15) is 0 Å². The van der Waals surface area contributed by atoms with Gasteiger partial charge in [0.2, 0.25) is 5.91 Å². The first-order valence-electron chi connectivity index (χ1n) is 4.98. The van der Waals surface area contributed by atoms with Crippen molar-refractivity contribution in [2.75, 3.05) is 11.2 Å². The molecule has 88 valence electrons. The van der Waals surface area contributed by atoms with Crippen LogP contribution in [0.25, 0.3) is 0 Å². The van der Waals surface area contributed by atoms with E-state index in [1.54, 1.807) is 6.07 Å². The second-order valence-electron chi connectivity index (χ2n) is 3.36. The normalized spacial score (nSPS) is 10.1. The quantitative estimate of drug-likeness (QED) is 0.485. The molecule has 1 aromatic carbocycles. The molecule has 0 bridgehead atoms. The minimum absolute atomic E-state index is 0.00167. The number of anilines is 1. The maximum Gasteiger partial charge on any atom is 0.224 e. The summed E-state index contributed by atoms with van der Waals surface area (Å²) >= 11 is 11.2. The minimum Gasteiger partial charge on any atom is -0.506 e. The van der Waals surface area contributed by atoms with Crippen LogP contribution in [0.5, 0.6) is 5.75 Å². The Bertz CT molecular complexity index is 369. The van der Waals surface area contributed by atoms with E-state index in [0.29, 0.717) is 18.0 Å². The number of carbonyl (C=O) groups excluding carboxylic acids is 1. The van der Waals surface area contributed by atoms with Crippen LogP contribution in [-0.2, 0) is 4.79 Å². The third-order valence-electron chi connectivity index (χ3n) is 2.02. The van der Waals surface area contributed by atoms with E-state index in [-0.39, 0.29) is 16.7 Å². The van der Waals surface area contributed by atoms with Gasteiger partial charge in [-0.25, -0.2) is 0 Å². The molecule has 0 spiro atoms. The number of alkyl halides is 1. The molecule has 0 aliphatic rings. The molecular formula is C11H13Cl2NO2. The zero-order valence-corrected chi connectivity index (χ0v) is 10.2. The van der Waals surface area contributed by atoms with Crippen molar-refractivity contribution >= 4 is 34.8 Å². The Labute approximate surface area is 104 Å². The van der Waals surface area contributed by atoms with E-state index in [1.165, 1.54) is 12.1 Å². The summed E-state index contributed by atoms with van der Waals surface area (Å²) in [4.78, 5) is 11.4. The van der Waals surface area contributed by atoms with Crippen LogP contribution in [0.3, 0.4) is 0 Å². The molecule has 0 heterocycles. The summed E-state index contributed by atoms with van der Waals surface area (Å²) in [7, 11) is 0. The number of phenolic OH excluding ortho intramolecular Hbond substituents is 1. The van der Waals surface area contributed by atoms with E-state index in [2.05, 4.69) is 5.32 Å². The van der Waals surface area contributed by atoms with E-state index in [9.17, 15) is 9.90 Å². The summed E-state index contributed by atoms with van der Waals surface area (Å²) in [5, 5.41) is 12.1. The number of phenols is 1. The van der Waals surface area contributed by atoms with Gasteiger partial charge in [0, 0.05) is 18.0 Å². The molecule has 0 aromatic heterocycles. The van der Waals surface area contributed by atoms with Crippen molar-refractivity contribution in [3.8, 4) is 5.75 Å². The number of aromatic hydroxyl groups is 1. The van der Waals surface area contributed by atoms with Gasteiger partial charge < -0.3 is 10.4 Å². The van der Waals surface area contributed by atoms with Crippen LogP contribution in [0.4, 0.5) is 5.69 Å². The lowest BCUT2D eigenvalue weighted by molar-refractivity contribution is -0.116. The molecule has 0 unspecified atom stereocenters. The lowest BCUT2D eigenvalue weighted by Gasteiger charge is -2.05. The zero-order chi connectivity index (χ0) is 12.0. The number of hydrogen-bond acceptors (Lipinski definition) is 2. The molecule has 0 radical (unpaired) electrons. The summed E-state index contributed by atoms with van der Waals surface area (Å²) in [5.74, 6) is 0.492. The van der Waals surface area contributed by atoms with Gasteiger partial charge in [-0.05, 0) is 31.0 Å². The lowest BCUT2D eigenvalue weighted by atomic mass is 10.2. The van der Waals surface area contributed by atoms with Crippen molar-refractivity contribution in [2.24, 2.45) is 0 Å². The van der Waals surface area contributed by atoms with Crippen LogP contribution in [0, 0.1) is 0 Å². The molecule has 1 amide bonds. The molecule has 0 aliphatic carbocycles. The van der Waals surface area contributed by atoms with E-state index in [4.69, 9.17) is 23.2 Å². The van der Waals surface area contributed by atoms with Gasteiger partial charge in [-0.15, -0.1) is 11.6 Å². The average Bonchev–Trinajstić information content (AvgIpc) is 2.24. The van der Waals surface area contributed by atoms with E-state index < -0.39 is 0 Å². The van der Waals surface area contributed by atoms with Crippen molar-refractivity contribution in [3.05, 3.63) is 23.2 Å².